The van der Waals surface area contributed by atoms with Crippen LogP contribution in [0.1, 0.15) is 133 Å². The second-order valence-corrected chi connectivity index (χ2v) is 11.6. The molecule has 0 saturated heterocycles. The Hall–Kier alpha value is -2.67. The molecule has 0 spiro atoms. The first kappa shape index (κ1) is 30.9. The fraction of sp³-hybridized carbons (Fsp3) is 0.600. The lowest BCUT2D eigenvalue weighted by atomic mass is 9.71. The molecule has 0 aromatic heterocycles. The molecule has 1 aliphatic rings. The topological polar surface area (TPSA) is 50.1 Å². The SMILES string of the molecule is CCCCCCCCc1ccc(-c2ccc(C(=O)OC3CCC(C#N)(CCCCCCC)CC3)c(F)c2)cc1. The van der Waals surface area contributed by atoms with Gasteiger partial charge in [-0.15, -0.1) is 0 Å². The maximum atomic E-state index is 15.0. The highest BCUT2D eigenvalue weighted by atomic mass is 19.1. The maximum absolute atomic E-state index is 15.0. The highest BCUT2D eigenvalue weighted by Gasteiger charge is 2.36. The van der Waals surface area contributed by atoms with E-state index in [-0.39, 0.29) is 17.1 Å². The van der Waals surface area contributed by atoms with E-state index in [1.54, 1.807) is 6.07 Å². The van der Waals surface area contributed by atoms with Gasteiger partial charge in [0.2, 0.25) is 0 Å². The van der Waals surface area contributed by atoms with Crippen LogP contribution >= 0.6 is 0 Å². The number of aryl methyl sites for hydroxylation is 1. The molecule has 1 aliphatic carbocycles. The van der Waals surface area contributed by atoms with E-state index in [1.807, 2.05) is 12.1 Å². The summed E-state index contributed by atoms with van der Waals surface area (Å²) in [5.74, 6) is -1.16. The third-order valence-corrected chi connectivity index (χ3v) is 8.45. The van der Waals surface area contributed by atoms with Crippen molar-refractivity contribution >= 4 is 5.97 Å². The Morgan fingerprint density at radius 3 is 2.08 bits per heavy atom. The van der Waals surface area contributed by atoms with E-state index in [0.29, 0.717) is 12.8 Å². The number of benzene rings is 2. The highest BCUT2D eigenvalue weighted by Crippen LogP contribution is 2.41. The molecule has 0 amide bonds. The van der Waals surface area contributed by atoms with Crippen molar-refractivity contribution in [2.45, 2.75) is 129 Å². The molecule has 0 radical (unpaired) electrons. The van der Waals surface area contributed by atoms with Gasteiger partial charge in [-0.05, 0) is 73.8 Å². The van der Waals surface area contributed by atoms with Gasteiger partial charge < -0.3 is 4.74 Å². The van der Waals surface area contributed by atoms with Crippen LogP contribution in [-0.4, -0.2) is 12.1 Å². The van der Waals surface area contributed by atoms with Gasteiger partial charge >= 0.3 is 5.97 Å². The van der Waals surface area contributed by atoms with Crippen LogP contribution in [0.2, 0.25) is 0 Å². The van der Waals surface area contributed by atoms with Gasteiger partial charge in [-0.3, -0.25) is 0 Å². The summed E-state index contributed by atoms with van der Waals surface area (Å²) in [7, 11) is 0. The van der Waals surface area contributed by atoms with Gasteiger partial charge in [-0.1, -0.05) is 108 Å². The van der Waals surface area contributed by atoms with Gasteiger partial charge in [0, 0.05) is 0 Å². The van der Waals surface area contributed by atoms with E-state index >= 15 is 0 Å². The van der Waals surface area contributed by atoms with Crippen LogP contribution in [0, 0.1) is 22.6 Å². The third kappa shape index (κ3) is 9.79. The van der Waals surface area contributed by atoms with Crippen molar-refractivity contribution in [1.82, 2.24) is 0 Å². The lowest BCUT2D eigenvalue weighted by Crippen LogP contribution is -2.31. The Bertz CT molecular complexity index is 1050. The number of hydrogen-bond acceptors (Lipinski definition) is 3. The summed E-state index contributed by atoms with van der Waals surface area (Å²) in [5.41, 5.74) is 2.68. The largest absolute Gasteiger partial charge is 0.459 e. The molecule has 0 atom stereocenters. The molecule has 212 valence electrons. The molecule has 0 aliphatic heterocycles. The summed E-state index contributed by atoms with van der Waals surface area (Å²) in [6.45, 7) is 4.44. The molecular weight excluding hydrogens is 485 g/mol. The van der Waals surface area contributed by atoms with Crippen molar-refractivity contribution in [2.75, 3.05) is 0 Å². The molecule has 0 N–H and O–H groups in total. The zero-order chi connectivity index (χ0) is 27.9. The summed E-state index contributed by atoms with van der Waals surface area (Å²) in [5, 5.41) is 9.83. The molecule has 2 aromatic carbocycles. The fourth-order valence-electron chi connectivity index (χ4n) is 5.79. The van der Waals surface area contributed by atoms with Gasteiger partial charge in [0.1, 0.15) is 11.9 Å². The molecular formula is C35H48FNO2. The van der Waals surface area contributed by atoms with Crippen molar-refractivity contribution in [2.24, 2.45) is 5.41 Å². The molecule has 1 saturated carbocycles. The number of carbonyl (C=O) groups is 1. The minimum Gasteiger partial charge on any atom is -0.459 e. The van der Waals surface area contributed by atoms with Gasteiger partial charge in [0.05, 0.1) is 17.0 Å². The van der Waals surface area contributed by atoms with Gasteiger partial charge in [0.15, 0.2) is 0 Å². The van der Waals surface area contributed by atoms with E-state index in [1.165, 1.54) is 81.9 Å². The summed E-state index contributed by atoms with van der Waals surface area (Å²) in [6, 6.07) is 15.6. The monoisotopic (exact) mass is 533 g/mol. The predicted molar refractivity (Wildman–Crippen MR) is 158 cm³/mol. The number of rotatable bonds is 16. The molecule has 3 nitrogen and oxygen atoms in total. The van der Waals surface area contributed by atoms with E-state index < -0.39 is 11.8 Å². The third-order valence-electron chi connectivity index (χ3n) is 8.45. The van der Waals surface area contributed by atoms with Crippen molar-refractivity contribution in [3.63, 3.8) is 0 Å². The fourth-order valence-corrected chi connectivity index (χ4v) is 5.79. The number of halogens is 1. The van der Waals surface area contributed by atoms with Gasteiger partial charge in [-0.2, -0.15) is 5.26 Å². The van der Waals surface area contributed by atoms with Crippen LogP contribution in [-0.2, 0) is 11.2 Å². The molecule has 0 heterocycles. The normalized spacial score (nSPS) is 19.0. The van der Waals surface area contributed by atoms with E-state index in [0.717, 1.165) is 43.2 Å². The van der Waals surface area contributed by atoms with Crippen LogP contribution in [0.25, 0.3) is 11.1 Å². The second-order valence-electron chi connectivity index (χ2n) is 11.6. The smallest absolute Gasteiger partial charge is 0.341 e. The van der Waals surface area contributed by atoms with E-state index in [4.69, 9.17) is 4.74 Å². The first-order valence-electron chi connectivity index (χ1n) is 15.5. The summed E-state index contributed by atoms with van der Waals surface area (Å²) in [6.07, 6.45) is 18.2. The van der Waals surface area contributed by atoms with Crippen LogP contribution in [0.5, 0.6) is 0 Å². The molecule has 0 unspecified atom stereocenters. The lowest BCUT2D eigenvalue weighted by Gasteiger charge is -2.34. The first-order valence-corrected chi connectivity index (χ1v) is 15.5. The number of carbonyl (C=O) groups excluding carboxylic acids is 1. The number of ether oxygens (including phenoxy) is 1. The van der Waals surface area contributed by atoms with E-state index in [9.17, 15) is 14.4 Å². The Morgan fingerprint density at radius 2 is 1.46 bits per heavy atom. The predicted octanol–water partition coefficient (Wildman–Crippen LogP) is 10.4. The zero-order valence-corrected chi connectivity index (χ0v) is 24.3. The Morgan fingerprint density at radius 1 is 0.872 bits per heavy atom. The van der Waals surface area contributed by atoms with Crippen molar-refractivity contribution < 1.29 is 13.9 Å². The average Bonchev–Trinajstić information content (AvgIpc) is 2.96. The van der Waals surface area contributed by atoms with Gasteiger partial charge in [0.25, 0.3) is 0 Å². The van der Waals surface area contributed by atoms with Crippen LogP contribution in [0.4, 0.5) is 4.39 Å². The number of esters is 1. The number of unbranched alkanes of at least 4 members (excludes halogenated alkanes) is 9. The summed E-state index contributed by atoms with van der Waals surface area (Å²) >= 11 is 0. The Balaban J connectivity index is 1.48. The highest BCUT2D eigenvalue weighted by molar-refractivity contribution is 5.90. The second kappa shape index (κ2) is 16.4. The lowest BCUT2D eigenvalue weighted by molar-refractivity contribution is 0.0100. The molecule has 0 bridgehead atoms. The van der Waals surface area contributed by atoms with Crippen LogP contribution < -0.4 is 0 Å². The molecule has 4 heteroatoms. The van der Waals surface area contributed by atoms with Crippen molar-refractivity contribution in [1.29, 1.82) is 5.26 Å². The molecule has 3 rings (SSSR count). The minimum atomic E-state index is -0.609. The molecule has 2 aromatic rings. The number of nitrogens with zero attached hydrogens (tertiary/aromatic N) is 1. The van der Waals surface area contributed by atoms with Gasteiger partial charge in [-0.25, -0.2) is 9.18 Å². The molecule has 39 heavy (non-hydrogen) atoms. The quantitative estimate of drug-likeness (QED) is 0.159. The zero-order valence-electron chi connectivity index (χ0n) is 24.3. The Kier molecular flexibility index (Phi) is 13.0. The standard InChI is InChI=1S/C35H48FNO2/c1-3-5-7-9-10-12-14-28-15-17-29(18-16-28)30-19-20-32(33(36)26-30)34(38)39-31-21-24-35(27-37,25-22-31)23-13-11-8-6-4-2/h15-20,26,31H,3-14,21-25H2,1-2H3. The maximum Gasteiger partial charge on any atom is 0.341 e. The van der Waals surface area contributed by atoms with Crippen molar-refractivity contribution in [3.05, 3.63) is 59.4 Å². The van der Waals surface area contributed by atoms with E-state index in [2.05, 4.69) is 32.0 Å². The number of hydrogen-bond donors (Lipinski definition) is 0. The number of nitriles is 1. The Labute approximate surface area is 236 Å². The minimum absolute atomic E-state index is 0.0218. The summed E-state index contributed by atoms with van der Waals surface area (Å²) < 4.78 is 20.7. The average molecular weight is 534 g/mol. The van der Waals surface area contributed by atoms with Crippen LogP contribution in [0.3, 0.4) is 0 Å². The van der Waals surface area contributed by atoms with Crippen molar-refractivity contribution in [3.8, 4) is 17.2 Å². The first-order chi connectivity index (χ1) is 19.0. The molecule has 1 fully saturated rings. The summed E-state index contributed by atoms with van der Waals surface area (Å²) in [4.78, 5) is 12.8. The van der Waals surface area contributed by atoms with Crippen LogP contribution in [0.15, 0.2) is 42.5 Å².